The second kappa shape index (κ2) is 6.79. The molecule has 0 saturated carbocycles. The number of fused-ring (bicyclic) bond motifs is 1. The van der Waals surface area contributed by atoms with Crippen molar-refractivity contribution in [2.75, 3.05) is 12.4 Å². The second-order valence-corrected chi connectivity index (χ2v) is 7.59. The summed E-state index contributed by atoms with van der Waals surface area (Å²) in [5.41, 5.74) is 3.49. The van der Waals surface area contributed by atoms with Crippen LogP contribution in [-0.4, -0.2) is 20.4 Å². The van der Waals surface area contributed by atoms with Crippen LogP contribution in [0.4, 0.5) is 11.4 Å². The molecule has 25 heavy (non-hydrogen) atoms. The maximum Gasteiger partial charge on any atom is 0.293 e. The van der Waals surface area contributed by atoms with Gasteiger partial charge in [-0.05, 0) is 35.9 Å². The van der Waals surface area contributed by atoms with E-state index in [1.54, 1.807) is 0 Å². The van der Waals surface area contributed by atoms with Gasteiger partial charge in [0, 0.05) is 25.7 Å². The molecular formula is C16H18N4O4S. The molecular weight excluding hydrogens is 344 g/mol. The van der Waals surface area contributed by atoms with E-state index in [2.05, 4.69) is 21.4 Å². The number of nitro groups is 1. The van der Waals surface area contributed by atoms with Gasteiger partial charge in [-0.3, -0.25) is 10.1 Å². The van der Waals surface area contributed by atoms with Crippen molar-refractivity contribution in [3.8, 4) is 0 Å². The van der Waals surface area contributed by atoms with Gasteiger partial charge in [0.05, 0.1) is 9.82 Å². The van der Waals surface area contributed by atoms with Gasteiger partial charge in [-0.1, -0.05) is 18.2 Å². The third kappa shape index (κ3) is 3.63. The van der Waals surface area contributed by atoms with Crippen molar-refractivity contribution in [2.24, 2.45) is 0 Å². The van der Waals surface area contributed by atoms with E-state index in [1.807, 2.05) is 12.1 Å². The highest BCUT2D eigenvalue weighted by atomic mass is 32.2. The Hall–Kier alpha value is -2.49. The standard InChI is InChI=1S/C16H18N4O4S/c1-17-25(23,24)14-4-5-15(16(7-14)20(21)22)19-8-11-2-3-12-9-18-10-13(12)6-11/h2-7,17-19H,8-10H2,1H3. The molecule has 0 spiro atoms. The van der Waals surface area contributed by atoms with Crippen molar-refractivity contribution in [1.29, 1.82) is 0 Å². The normalized spacial score (nSPS) is 13.5. The SMILES string of the molecule is CNS(=O)(=O)c1ccc(NCc2ccc3c(c2)CNC3)c([N+](=O)[O-])c1. The maximum atomic E-state index is 11.8. The molecule has 0 amide bonds. The monoisotopic (exact) mass is 362 g/mol. The van der Waals surface area contributed by atoms with E-state index < -0.39 is 14.9 Å². The summed E-state index contributed by atoms with van der Waals surface area (Å²) in [5, 5.41) is 17.6. The highest BCUT2D eigenvalue weighted by molar-refractivity contribution is 7.89. The fourth-order valence-corrected chi connectivity index (χ4v) is 3.50. The van der Waals surface area contributed by atoms with Crippen LogP contribution in [0.3, 0.4) is 0 Å². The third-order valence-electron chi connectivity index (χ3n) is 4.13. The first-order valence-corrected chi connectivity index (χ1v) is 9.16. The molecule has 3 rings (SSSR count). The molecule has 0 fully saturated rings. The van der Waals surface area contributed by atoms with Gasteiger partial charge in [-0.2, -0.15) is 0 Å². The van der Waals surface area contributed by atoms with E-state index in [0.717, 1.165) is 24.7 Å². The number of sulfonamides is 1. The van der Waals surface area contributed by atoms with E-state index in [-0.39, 0.29) is 16.3 Å². The number of benzene rings is 2. The van der Waals surface area contributed by atoms with Gasteiger partial charge in [0.1, 0.15) is 5.69 Å². The minimum absolute atomic E-state index is 0.143. The highest BCUT2D eigenvalue weighted by Crippen LogP contribution is 2.28. The molecule has 9 heteroatoms. The molecule has 3 N–H and O–H groups in total. The van der Waals surface area contributed by atoms with Gasteiger partial charge in [-0.15, -0.1) is 0 Å². The largest absolute Gasteiger partial charge is 0.375 e. The molecule has 1 heterocycles. The molecule has 8 nitrogen and oxygen atoms in total. The van der Waals surface area contributed by atoms with Crippen molar-refractivity contribution in [3.05, 3.63) is 63.2 Å². The topological polar surface area (TPSA) is 113 Å². The molecule has 0 unspecified atom stereocenters. The highest BCUT2D eigenvalue weighted by Gasteiger charge is 2.20. The van der Waals surface area contributed by atoms with Gasteiger partial charge in [0.25, 0.3) is 5.69 Å². The van der Waals surface area contributed by atoms with Crippen LogP contribution in [0.2, 0.25) is 0 Å². The second-order valence-electron chi connectivity index (χ2n) is 5.70. The Morgan fingerprint density at radius 3 is 2.64 bits per heavy atom. The molecule has 1 aliphatic rings. The zero-order valence-corrected chi connectivity index (χ0v) is 14.4. The first-order chi connectivity index (χ1) is 11.9. The molecule has 0 atom stereocenters. The Labute approximate surface area is 145 Å². The molecule has 0 bridgehead atoms. The summed E-state index contributed by atoms with van der Waals surface area (Å²) < 4.78 is 25.8. The van der Waals surface area contributed by atoms with Crippen molar-refractivity contribution < 1.29 is 13.3 Å². The summed E-state index contributed by atoms with van der Waals surface area (Å²) >= 11 is 0. The van der Waals surface area contributed by atoms with Crippen LogP contribution in [0.25, 0.3) is 0 Å². The summed E-state index contributed by atoms with van der Waals surface area (Å²) in [6.07, 6.45) is 0. The van der Waals surface area contributed by atoms with Crippen LogP contribution in [0.15, 0.2) is 41.3 Å². The molecule has 0 aromatic heterocycles. The number of rotatable bonds is 6. The van der Waals surface area contributed by atoms with Crippen LogP contribution in [0, 0.1) is 10.1 Å². The van der Waals surface area contributed by atoms with Crippen molar-refractivity contribution in [1.82, 2.24) is 10.0 Å². The Bertz CT molecular complexity index is 928. The minimum atomic E-state index is -3.73. The number of nitro benzene ring substituents is 1. The number of anilines is 1. The Balaban J connectivity index is 1.83. The van der Waals surface area contributed by atoms with Crippen LogP contribution in [0.1, 0.15) is 16.7 Å². The van der Waals surface area contributed by atoms with Gasteiger partial charge < -0.3 is 10.6 Å². The molecule has 2 aromatic rings. The molecule has 2 aromatic carbocycles. The Morgan fingerprint density at radius 2 is 1.92 bits per heavy atom. The summed E-state index contributed by atoms with van der Waals surface area (Å²) in [5.74, 6) is 0. The lowest BCUT2D eigenvalue weighted by molar-refractivity contribution is -0.384. The van der Waals surface area contributed by atoms with E-state index in [4.69, 9.17) is 0 Å². The Morgan fingerprint density at radius 1 is 1.16 bits per heavy atom. The first kappa shape index (κ1) is 17.3. The number of hydrogen-bond donors (Lipinski definition) is 3. The molecule has 0 saturated heterocycles. The smallest absolute Gasteiger partial charge is 0.293 e. The van der Waals surface area contributed by atoms with Crippen LogP contribution in [0.5, 0.6) is 0 Å². The zero-order chi connectivity index (χ0) is 18.0. The van der Waals surface area contributed by atoms with E-state index >= 15 is 0 Å². The average Bonchev–Trinajstić information content (AvgIpc) is 3.07. The summed E-state index contributed by atoms with van der Waals surface area (Å²) in [6, 6.07) is 9.90. The summed E-state index contributed by atoms with van der Waals surface area (Å²) in [4.78, 5) is 10.6. The number of nitrogens with one attached hydrogen (secondary N) is 3. The van der Waals surface area contributed by atoms with Crippen LogP contribution in [-0.2, 0) is 29.7 Å². The van der Waals surface area contributed by atoms with Crippen LogP contribution >= 0.6 is 0 Å². The molecule has 0 radical (unpaired) electrons. The van der Waals surface area contributed by atoms with E-state index in [1.165, 1.54) is 30.3 Å². The number of nitrogens with zero attached hydrogens (tertiary/aromatic N) is 1. The van der Waals surface area contributed by atoms with Gasteiger partial charge in [0.15, 0.2) is 0 Å². The third-order valence-corrected chi connectivity index (χ3v) is 5.54. The molecule has 1 aliphatic heterocycles. The maximum absolute atomic E-state index is 11.8. The molecule has 132 valence electrons. The quantitative estimate of drug-likeness (QED) is 0.533. The lowest BCUT2D eigenvalue weighted by Gasteiger charge is -2.10. The molecule has 0 aliphatic carbocycles. The lowest BCUT2D eigenvalue weighted by atomic mass is 10.1. The predicted molar refractivity (Wildman–Crippen MR) is 93.7 cm³/mol. The predicted octanol–water partition coefficient (Wildman–Crippen LogP) is 1.72. The van der Waals surface area contributed by atoms with E-state index in [9.17, 15) is 18.5 Å². The minimum Gasteiger partial charge on any atom is -0.375 e. The lowest BCUT2D eigenvalue weighted by Crippen LogP contribution is -2.18. The Kier molecular flexibility index (Phi) is 4.71. The van der Waals surface area contributed by atoms with Crippen molar-refractivity contribution in [2.45, 2.75) is 24.5 Å². The number of hydrogen-bond acceptors (Lipinski definition) is 6. The van der Waals surface area contributed by atoms with Gasteiger partial charge >= 0.3 is 0 Å². The van der Waals surface area contributed by atoms with Gasteiger partial charge in [-0.25, -0.2) is 13.1 Å². The first-order valence-electron chi connectivity index (χ1n) is 7.68. The fourth-order valence-electron chi connectivity index (χ4n) is 2.75. The van der Waals surface area contributed by atoms with Gasteiger partial charge in [0.2, 0.25) is 10.0 Å². The summed E-state index contributed by atoms with van der Waals surface area (Å²) in [6.45, 7) is 2.09. The van der Waals surface area contributed by atoms with E-state index in [0.29, 0.717) is 6.54 Å². The van der Waals surface area contributed by atoms with Crippen LogP contribution < -0.4 is 15.4 Å². The van der Waals surface area contributed by atoms with Crippen molar-refractivity contribution >= 4 is 21.4 Å². The fraction of sp³-hybridized carbons (Fsp3) is 0.250. The summed E-state index contributed by atoms with van der Waals surface area (Å²) in [7, 11) is -2.47. The van der Waals surface area contributed by atoms with Crippen molar-refractivity contribution in [3.63, 3.8) is 0 Å². The zero-order valence-electron chi connectivity index (χ0n) is 13.6. The average molecular weight is 362 g/mol.